The molecule has 1 aliphatic rings. The molecule has 0 saturated carbocycles. The summed E-state index contributed by atoms with van der Waals surface area (Å²) in [5.74, 6) is -0.289. The molecule has 0 bridgehead atoms. The molecule has 3 aromatic carbocycles. The van der Waals surface area contributed by atoms with E-state index in [-0.39, 0.29) is 21.2 Å². The number of halogens is 2. The van der Waals surface area contributed by atoms with Crippen molar-refractivity contribution in [3.05, 3.63) is 77.1 Å². The first-order valence-corrected chi connectivity index (χ1v) is 11.0. The van der Waals surface area contributed by atoms with Crippen LogP contribution >= 0.6 is 11.6 Å². The zero-order chi connectivity index (χ0) is 22.0. The molecule has 1 heterocycles. The van der Waals surface area contributed by atoms with Gasteiger partial charge in [-0.3, -0.25) is 9.52 Å². The maximum atomic E-state index is 13.3. The summed E-state index contributed by atoms with van der Waals surface area (Å²) in [6.45, 7) is 0.733. The molecule has 7 nitrogen and oxygen atoms in total. The van der Waals surface area contributed by atoms with Gasteiger partial charge >= 0.3 is 0 Å². The lowest BCUT2D eigenvalue weighted by Gasteiger charge is -2.19. The van der Waals surface area contributed by atoms with Gasteiger partial charge in [-0.2, -0.15) is 0 Å². The second-order valence-corrected chi connectivity index (χ2v) is 8.66. The van der Waals surface area contributed by atoms with Crippen LogP contribution in [0.25, 0.3) is 0 Å². The molecule has 160 valence electrons. The van der Waals surface area contributed by atoms with Crippen LogP contribution < -0.4 is 19.5 Å². The zero-order valence-corrected chi connectivity index (χ0v) is 17.5. The number of ether oxygens (including phenoxy) is 2. The predicted octanol–water partition coefficient (Wildman–Crippen LogP) is 4.30. The molecule has 1 amide bonds. The van der Waals surface area contributed by atoms with E-state index in [1.807, 2.05) is 0 Å². The van der Waals surface area contributed by atoms with Gasteiger partial charge in [0, 0.05) is 23.0 Å². The molecule has 0 spiro atoms. The summed E-state index contributed by atoms with van der Waals surface area (Å²) in [5, 5.41) is 2.46. The van der Waals surface area contributed by atoms with E-state index in [1.54, 1.807) is 0 Å². The van der Waals surface area contributed by atoms with Gasteiger partial charge in [0.2, 0.25) is 0 Å². The van der Waals surface area contributed by atoms with Crippen molar-refractivity contribution in [3.63, 3.8) is 0 Å². The number of sulfonamides is 1. The standard InChI is InChI=1S/C21H16ClFN2O5S/c22-17-11-14(4-6-18(17)23)24-21(26)13-2-1-3-15(10-13)25-31(27,28)16-5-7-19-20(12-16)30-9-8-29-19/h1-7,10-12,25H,8-9H2,(H,24,26). The number of carbonyl (C=O) groups excluding carboxylic acids is 1. The van der Waals surface area contributed by atoms with Crippen LogP contribution in [0.3, 0.4) is 0 Å². The maximum Gasteiger partial charge on any atom is 0.262 e. The first-order chi connectivity index (χ1) is 14.8. The zero-order valence-electron chi connectivity index (χ0n) is 15.9. The molecule has 31 heavy (non-hydrogen) atoms. The van der Waals surface area contributed by atoms with Crippen LogP contribution in [0.4, 0.5) is 15.8 Å². The van der Waals surface area contributed by atoms with Gasteiger partial charge in [0.05, 0.1) is 9.92 Å². The number of rotatable bonds is 5. The van der Waals surface area contributed by atoms with Crippen molar-refractivity contribution in [2.75, 3.05) is 23.3 Å². The van der Waals surface area contributed by atoms with E-state index in [9.17, 15) is 17.6 Å². The Morgan fingerprint density at radius 2 is 1.71 bits per heavy atom. The Balaban J connectivity index is 1.52. The van der Waals surface area contributed by atoms with Gasteiger partial charge in [0.1, 0.15) is 19.0 Å². The van der Waals surface area contributed by atoms with E-state index >= 15 is 0 Å². The van der Waals surface area contributed by atoms with Crippen molar-refractivity contribution in [1.29, 1.82) is 0 Å². The average Bonchev–Trinajstić information content (AvgIpc) is 2.76. The smallest absolute Gasteiger partial charge is 0.262 e. The quantitative estimate of drug-likeness (QED) is 0.589. The van der Waals surface area contributed by atoms with Crippen molar-refractivity contribution in [2.24, 2.45) is 0 Å². The number of benzene rings is 3. The molecule has 0 atom stereocenters. The first kappa shape index (κ1) is 21.0. The van der Waals surface area contributed by atoms with Crippen LogP contribution in [0, 0.1) is 5.82 Å². The molecule has 1 aliphatic heterocycles. The van der Waals surface area contributed by atoms with Crippen LogP contribution in [-0.4, -0.2) is 27.5 Å². The molecule has 3 aromatic rings. The number of fused-ring (bicyclic) bond motifs is 1. The van der Waals surface area contributed by atoms with Crippen molar-refractivity contribution in [2.45, 2.75) is 4.90 Å². The molecule has 0 saturated heterocycles. The van der Waals surface area contributed by atoms with E-state index in [1.165, 1.54) is 54.6 Å². The Bertz CT molecular complexity index is 1270. The highest BCUT2D eigenvalue weighted by Gasteiger charge is 2.20. The molecule has 2 N–H and O–H groups in total. The van der Waals surface area contributed by atoms with E-state index in [4.69, 9.17) is 21.1 Å². The third kappa shape index (κ3) is 4.73. The van der Waals surface area contributed by atoms with E-state index in [2.05, 4.69) is 10.0 Å². The monoisotopic (exact) mass is 462 g/mol. The maximum absolute atomic E-state index is 13.3. The SMILES string of the molecule is O=C(Nc1ccc(F)c(Cl)c1)c1cccc(NS(=O)(=O)c2ccc3c(c2)OCCO3)c1. The van der Waals surface area contributed by atoms with E-state index in [0.717, 1.165) is 6.07 Å². The Hall–Kier alpha value is -3.30. The molecular formula is C21H16ClFN2O5S. The largest absolute Gasteiger partial charge is 0.486 e. The van der Waals surface area contributed by atoms with Gasteiger partial charge in [-0.25, -0.2) is 12.8 Å². The van der Waals surface area contributed by atoms with Gasteiger partial charge in [-0.05, 0) is 48.5 Å². The molecule has 0 aliphatic carbocycles. The van der Waals surface area contributed by atoms with Gasteiger partial charge in [-0.1, -0.05) is 17.7 Å². The molecule has 4 rings (SSSR count). The minimum absolute atomic E-state index is 0.00689. The van der Waals surface area contributed by atoms with Crippen molar-refractivity contribution < 1.29 is 27.1 Å². The summed E-state index contributed by atoms with van der Waals surface area (Å²) in [5.41, 5.74) is 0.696. The van der Waals surface area contributed by atoms with Gasteiger partial charge in [0.15, 0.2) is 11.5 Å². The van der Waals surface area contributed by atoms with Crippen molar-refractivity contribution in [1.82, 2.24) is 0 Å². The number of hydrogen-bond donors (Lipinski definition) is 2. The Kier molecular flexibility index (Phi) is 5.71. The number of nitrogens with one attached hydrogen (secondary N) is 2. The Labute approximate surface area is 182 Å². The molecule has 0 fully saturated rings. The van der Waals surface area contributed by atoms with Crippen LogP contribution in [0.15, 0.2) is 65.6 Å². The normalized spacial score (nSPS) is 12.8. The fourth-order valence-electron chi connectivity index (χ4n) is 2.91. The fourth-order valence-corrected chi connectivity index (χ4v) is 4.15. The number of amides is 1. The Morgan fingerprint density at radius 3 is 2.48 bits per heavy atom. The lowest BCUT2D eigenvalue weighted by atomic mass is 10.2. The highest BCUT2D eigenvalue weighted by Crippen LogP contribution is 2.32. The van der Waals surface area contributed by atoms with Gasteiger partial charge in [-0.15, -0.1) is 0 Å². The molecule has 10 heteroatoms. The fraction of sp³-hybridized carbons (Fsp3) is 0.0952. The predicted molar refractivity (Wildman–Crippen MR) is 114 cm³/mol. The summed E-state index contributed by atoms with van der Waals surface area (Å²) in [7, 11) is -3.93. The lowest BCUT2D eigenvalue weighted by Crippen LogP contribution is -2.17. The minimum atomic E-state index is -3.93. The second-order valence-electron chi connectivity index (χ2n) is 6.57. The van der Waals surface area contributed by atoms with Gasteiger partial charge in [0.25, 0.3) is 15.9 Å². The summed E-state index contributed by atoms with van der Waals surface area (Å²) >= 11 is 5.72. The van der Waals surface area contributed by atoms with Crippen LogP contribution in [0.5, 0.6) is 11.5 Å². The summed E-state index contributed by atoms with van der Waals surface area (Å²) in [4.78, 5) is 12.5. The van der Waals surface area contributed by atoms with E-state index < -0.39 is 21.7 Å². The third-order valence-corrected chi connectivity index (χ3v) is 6.05. The summed E-state index contributed by atoms with van der Waals surface area (Å²) in [6, 6.07) is 14.1. The lowest BCUT2D eigenvalue weighted by molar-refractivity contribution is 0.102. The van der Waals surface area contributed by atoms with Crippen LogP contribution in [0.2, 0.25) is 5.02 Å². The van der Waals surface area contributed by atoms with Crippen molar-refractivity contribution in [3.8, 4) is 11.5 Å². The second kappa shape index (κ2) is 8.44. The minimum Gasteiger partial charge on any atom is -0.486 e. The molecule has 0 unspecified atom stereocenters. The van der Waals surface area contributed by atoms with Gasteiger partial charge < -0.3 is 14.8 Å². The third-order valence-electron chi connectivity index (χ3n) is 4.38. The summed E-state index contributed by atoms with van der Waals surface area (Å²) < 4.78 is 52.1. The highest BCUT2D eigenvalue weighted by molar-refractivity contribution is 7.92. The van der Waals surface area contributed by atoms with E-state index in [0.29, 0.717) is 30.4 Å². The topological polar surface area (TPSA) is 93.7 Å². The number of anilines is 2. The molecular weight excluding hydrogens is 447 g/mol. The summed E-state index contributed by atoms with van der Waals surface area (Å²) in [6.07, 6.45) is 0. The molecule has 0 aromatic heterocycles. The first-order valence-electron chi connectivity index (χ1n) is 9.11. The number of carbonyl (C=O) groups is 1. The Morgan fingerprint density at radius 1 is 0.935 bits per heavy atom. The van der Waals surface area contributed by atoms with Crippen LogP contribution in [0.1, 0.15) is 10.4 Å². The average molecular weight is 463 g/mol. The van der Waals surface area contributed by atoms with Crippen molar-refractivity contribution >= 4 is 38.9 Å². The highest BCUT2D eigenvalue weighted by atomic mass is 35.5. The number of hydrogen-bond acceptors (Lipinski definition) is 5. The molecule has 0 radical (unpaired) electrons. The van der Waals surface area contributed by atoms with Crippen LogP contribution in [-0.2, 0) is 10.0 Å².